The molecule has 0 amide bonds. The summed E-state index contributed by atoms with van der Waals surface area (Å²) in [7, 11) is 0. The van der Waals surface area contributed by atoms with Crippen LogP contribution in [0.3, 0.4) is 0 Å². The van der Waals surface area contributed by atoms with Crippen molar-refractivity contribution in [1.82, 2.24) is 0 Å². The first kappa shape index (κ1) is 12.6. The molecule has 0 aliphatic heterocycles. The Morgan fingerprint density at radius 1 is 1.29 bits per heavy atom. The largest absolute Gasteiger partial charge is 0.376 e. The number of nitrogens with two attached hydrogens (primary N) is 1. The number of rotatable bonds is 7. The lowest BCUT2D eigenvalue weighted by Gasteiger charge is -2.23. The lowest BCUT2D eigenvalue weighted by Crippen LogP contribution is -2.28. The van der Waals surface area contributed by atoms with Gasteiger partial charge in [0.25, 0.3) is 0 Å². The molecule has 2 unspecified atom stereocenters. The minimum absolute atomic E-state index is 0.000373. The zero-order chi connectivity index (χ0) is 12.1. The summed E-state index contributed by atoms with van der Waals surface area (Å²) in [4.78, 5) is 0. The standard InChI is InChI=1S/C15H23NO/c1-2-14(17-11-10-12-8-9-12)15(16)13-6-4-3-5-7-13/h3-7,12,14-15H,2,8-11,16H2,1H3. The summed E-state index contributed by atoms with van der Waals surface area (Å²) in [5, 5.41) is 0. The zero-order valence-electron chi connectivity index (χ0n) is 10.6. The van der Waals surface area contributed by atoms with Crippen molar-refractivity contribution in [3.63, 3.8) is 0 Å². The van der Waals surface area contributed by atoms with Crippen molar-refractivity contribution in [1.29, 1.82) is 0 Å². The van der Waals surface area contributed by atoms with Gasteiger partial charge in [-0.25, -0.2) is 0 Å². The average Bonchev–Trinajstić information content (AvgIpc) is 3.19. The predicted octanol–water partition coefficient (Wildman–Crippen LogP) is 3.28. The van der Waals surface area contributed by atoms with E-state index in [9.17, 15) is 0 Å². The summed E-state index contributed by atoms with van der Waals surface area (Å²) in [5.41, 5.74) is 7.43. The van der Waals surface area contributed by atoms with Gasteiger partial charge >= 0.3 is 0 Å². The van der Waals surface area contributed by atoms with Crippen LogP contribution in [0.2, 0.25) is 0 Å². The van der Waals surface area contributed by atoms with Crippen LogP contribution in [0.1, 0.15) is 44.2 Å². The van der Waals surface area contributed by atoms with Gasteiger partial charge in [0.15, 0.2) is 0 Å². The van der Waals surface area contributed by atoms with E-state index in [4.69, 9.17) is 10.5 Å². The van der Waals surface area contributed by atoms with Gasteiger partial charge in [-0.15, -0.1) is 0 Å². The van der Waals surface area contributed by atoms with Crippen molar-refractivity contribution in [2.45, 2.75) is 44.8 Å². The molecule has 1 aromatic carbocycles. The van der Waals surface area contributed by atoms with Gasteiger partial charge in [0.05, 0.1) is 12.1 Å². The molecule has 17 heavy (non-hydrogen) atoms. The molecule has 1 fully saturated rings. The fourth-order valence-corrected chi connectivity index (χ4v) is 2.16. The number of benzene rings is 1. The van der Waals surface area contributed by atoms with Crippen LogP contribution < -0.4 is 5.73 Å². The molecule has 1 aromatic rings. The van der Waals surface area contributed by atoms with Crippen LogP contribution in [0.15, 0.2) is 30.3 Å². The molecule has 2 N–H and O–H groups in total. The van der Waals surface area contributed by atoms with Crippen molar-refractivity contribution in [3.05, 3.63) is 35.9 Å². The smallest absolute Gasteiger partial charge is 0.0765 e. The third-order valence-electron chi connectivity index (χ3n) is 3.54. The minimum Gasteiger partial charge on any atom is -0.376 e. The van der Waals surface area contributed by atoms with Gasteiger partial charge in [0, 0.05) is 6.61 Å². The Hall–Kier alpha value is -0.860. The molecule has 0 radical (unpaired) electrons. The Balaban J connectivity index is 1.83. The predicted molar refractivity (Wildman–Crippen MR) is 70.7 cm³/mol. The summed E-state index contributed by atoms with van der Waals surface area (Å²) in [6.07, 6.45) is 5.12. The van der Waals surface area contributed by atoms with Crippen LogP contribution >= 0.6 is 0 Å². The highest BCUT2D eigenvalue weighted by atomic mass is 16.5. The highest BCUT2D eigenvalue weighted by Gasteiger charge is 2.23. The first-order chi connectivity index (χ1) is 8.31. The van der Waals surface area contributed by atoms with Crippen LogP contribution in [0.25, 0.3) is 0 Å². The second kappa shape index (κ2) is 6.18. The molecule has 2 rings (SSSR count). The van der Waals surface area contributed by atoms with E-state index < -0.39 is 0 Å². The van der Waals surface area contributed by atoms with E-state index in [2.05, 4.69) is 19.1 Å². The van der Waals surface area contributed by atoms with Gasteiger partial charge in [-0.1, -0.05) is 50.1 Å². The van der Waals surface area contributed by atoms with E-state index in [1.807, 2.05) is 18.2 Å². The summed E-state index contributed by atoms with van der Waals surface area (Å²) < 4.78 is 5.93. The Morgan fingerprint density at radius 3 is 2.59 bits per heavy atom. The Labute approximate surface area is 104 Å². The van der Waals surface area contributed by atoms with E-state index in [0.29, 0.717) is 0 Å². The van der Waals surface area contributed by atoms with Gasteiger partial charge in [-0.05, 0) is 24.3 Å². The molecule has 0 heterocycles. The lowest BCUT2D eigenvalue weighted by atomic mass is 10.0. The molecular formula is C15H23NO. The van der Waals surface area contributed by atoms with Crippen LogP contribution in [-0.4, -0.2) is 12.7 Å². The lowest BCUT2D eigenvalue weighted by molar-refractivity contribution is 0.0292. The van der Waals surface area contributed by atoms with Gasteiger partial charge in [-0.2, -0.15) is 0 Å². The molecule has 2 nitrogen and oxygen atoms in total. The molecule has 94 valence electrons. The molecule has 2 atom stereocenters. The second-order valence-electron chi connectivity index (χ2n) is 4.99. The quantitative estimate of drug-likeness (QED) is 0.784. The van der Waals surface area contributed by atoms with Crippen molar-refractivity contribution in [2.24, 2.45) is 11.7 Å². The first-order valence-electron chi connectivity index (χ1n) is 6.73. The fraction of sp³-hybridized carbons (Fsp3) is 0.600. The van der Waals surface area contributed by atoms with Gasteiger partial charge in [0.2, 0.25) is 0 Å². The highest BCUT2D eigenvalue weighted by molar-refractivity contribution is 5.19. The van der Waals surface area contributed by atoms with Crippen LogP contribution in [0.5, 0.6) is 0 Å². The number of hydrogen-bond donors (Lipinski definition) is 1. The molecule has 0 saturated heterocycles. The topological polar surface area (TPSA) is 35.2 Å². The van der Waals surface area contributed by atoms with Crippen molar-refractivity contribution < 1.29 is 4.74 Å². The first-order valence-corrected chi connectivity index (χ1v) is 6.73. The zero-order valence-corrected chi connectivity index (χ0v) is 10.6. The van der Waals surface area contributed by atoms with Crippen LogP contribution in [0.4, 0.5) is 0 Å². The minimum atomic E-state index is 0.000373. The SMILES string of the molecule is CCC(OCCC1CC1)C(N)c1ccccc1. The van der Waals surface area contributed by atoms with Gasteiger partial charge in [0.1, 0.15) is 0 Å². The second-order valence-corrected chi connectivity index (χ2v) is 4.99. The molecule has 1 saturated carbocycles. The van der Waals surface area contributed by atoms with Crippen molar-refractivity contribution in [3.8, 4) is 0 Å². The van der Waals surface area contributed by atoms with E-state index >= 15 is 0 Å². The normalized spacial score (nSPS) is 18.9. The summed E-state index contributed by atoms with van der Waals surface area (Å²) in [5.74, 6) is 0.931. The maximum atomic E-state index is 6.26. The summed E-state index contributed by atoms with van der Waals surface area (Å²) in [6.45, 7) is 3.01. The van der Waals surface area contributed by atoms with Crippen LogP contribution in [0, 0.1) is 5.92 Å². The maximum Gasteiger partial charge on any atom is 0.0765 e. The molecule has 0 aromatic heterocycles. The highest BCUT2D eigenvalue weighted by Crippen LogP contribution is 2.32. The fourth-order valence-electron chi connectivity index (χ4n) is 2.16. The third-order valence-corrected chi connectivity index (χ3v) is 3.54. The Morgan fingerprint density at radius 2 is 2.00 bits per heavy atom. The average molecular weight is 233 g/mol. The van der Waals surface area contributed by atoms with Crippen LogP contribution in [-0.2, 0) is 4.74 Å². The monoisotopic (exact) mass is 233 g/mol. The summed E-state index contributed by atoms with van der Waals surface area (Å²) >= 11 is 0. The van der Waals surface area contributed by atoms with Crippen molar-refractivity contribution >= 4 is 0 Å². The number of hydrogen-bond acceptors (Lipinski definition) is 2. The van der Waals surface area contributed by atoms with E-state index in [1.165, 1.54) is 24.8 Å². The Bertz CT molecular complexity index is 321. The maximum absolute atomic E-state index is 6.26. The van der Waals surface area contributed by atoms with E-state index in [-0.39, 0.29) is 12.1 Å². The van der Waals surface area contributed by atoms with Gasteiger partial charge in [-0.3, -0.25) is 0 Å². The molecule has 1 aliphatic carbocycles. The molecule has 2 heteroatoms. The third kappa shape index (κ3) is 3.83. The molecular weight excluding hydrogens is 210 g/mol. The molecule has 0 spiro atoms. The number of ether oxygens (including phenoxy) is 1. The van der Waals surface area contributed by atoms with Gasteiger partial charge < -0.3 is 10.5 Å². The van der Waals surface area contributed by atoms with Crippen molar-refractivity contribution in [2.75, 3.05) is 6.61 Å². The van der Waals surface area contributed by atoms with E-state index in [0.717, 1.165) is 18.9 Å². The molecule has 0 bridgehead atoms. The van der Waals surface area contributed by atoms with E-state index in [1.54, 1.807) is 0 Å². The Kier molecular flexibility index (Phi) is 4.57. The summed E-state index contributed by atoms with van der Waals surface area (Å²) in [6, 6.07) is 10.2. The molecule has 1 aliphatic rings.